The lowest BCUT2D eigenvalue weighted by Crippen LogP contribution is -2.40. The molecule has 122 valence electrons. The van der Waals surface area contributed by atoms with Gasteiger partial charge in [-0.2, -0.15) is 0 Å². The lowest BCUT2D eigenvalue weighted by atomic mass is 9.99. The number of hydrogen-bond donors (Lipinski definition) is 1. The lowest BCUT2D eigenvalue weighted by molar-refractivity contribution is -0.146. The van der Waals surface area contributed by atoms with E-state index < -0.39 is 0 Å². The van der Waals surface area contributed by atoms with Gasteiger partial charge in [-0.15, -0.1) is 0 Å². The second-order valence-electron chi connectivity index (χ2n) is 6.74. The minimum Gasteiger partial charge on any atom is -0.469 e. The van der Waals surface area contributed by atoms with Crippen molar-refractivity contribution in [1.29, 1.82) is 0 Å². The fourth-order valence-electron chi connectivity index (χ4n) is 2.83. The van der Waals surface area contributed by atoms with Gasteiger partial charge < -0.3 is 10.1 Å². The fraction of sp³-hybridized carbons (Fsp3) is 0.875. The predicted molar refractivity (Wildman–Crippen MR) is 82.8 cm³/mol. The summed E-state index contributed by atoms with van der Waals surface area (Å²) in [7, 11) is 1.42. The molecule has 0 spiro atoms. The zero-order valence-electron chi connectivity index (χ0n) is 14.0. The quantitative estimate of drug-likeness (QED) is 0.726. The summed E-state index contributed by atoms with van der Waals surface area (Å²) in [6, 6.07) is 0.205. The number of amides is 1. The van der Waals surface area contributed by atoms with Crippen LogP contribution < -0.4 is 5.32 Å². The summed E-state index contributed by atoms with van der Waals surface area (Å²) in [6.07, 6.45) is 2.12. The van der Waals surface area contributed by atoms with Crippen LogP contribution in [0.5, 0.6) is 0 Å². The molecule has 1 amide bonds. The van der Waals surface area contributed by atoms with Crippen molar-refractivity contribution in [3.63, 3.8) is 0 Å². The second kappa shape index (κ2) is 8.37. The molecule has 3 atom stereocenters. The van der Waals surface area contributed by atoms with Gasteiger partial charge in [0.1, 0.15) is 0 Å². The summed E-state index contributed by atoms with van der Waals surface area (Å²) in [6.45, 7) is 10.2. The Morgan fingerprint density at radius 1 is 1.24 bits per heavy atom. The molecule has 1 rings (SSSR count). The topological polar surface area (TPSA) is 58.6 Å². The number of esters is 1. The molecule has 1 N–H and O–H groups in total. The largest absolute Gasteiger partial charge is 0.469 e. The van der Waals surface area contributed by atoms with Crippen molar-refractivity contribution in [1.82, 2.24) is 10.2 Å². The summed E-state index contributed by atoms with van der Waals surface area (Å²) >= 11 is 0. The Hall–Kier alpha value is -1.10. The van der Waals surface area contributed by atoms with Crippen LogP contribution in [0.25, 0.3) is 0 Å². The molecule has 21 heavy (non-hydrogen) atoms. The Morgan fingerprint density at radius 2 is 1.90 bits per heavy atom. The first-order chi connectivity index (χ1) is 9.83. The van der Waals surface area contributed by atoms with E-state index in [9.17, 15) is 9.59 Å². The van der Waals surface area contributed by atoms with Gasteiger partial charge in [-0.3, -0.25) is 14.5 Å². The number of likely N-dealkylation sites (tertiary alicyclic amines) is 1. The summed E-state index contributed by atoms with van der Waals surface area (Å²) in [4.78, 5) is 25.7. The van der Waals surface area contributed by atoms with Crippen LogP contribution >= 0.6 is 0 Å². The van der Waals surface area contributed by atoms with Crippen molar-refractivity contribution in [2.45, 2.75) is 46.6 Å². The normalized spacial score (nSPS) is 24.1. The van der Waals surface area contributed by atoms with Gasteiger partial charge in [0.05, 0.1) is 19.6 Å². The smallest absolute Gasteiger partial charge is 0.310 e. The van der Waals surface area contributed by atoms with E-state index in [1.807, 2.05) is 18.7 Å². The van der Waals surface area contributed by atoms with Gasteiger partial charge in [0.15, 0.2) is 0 Å². The van der Waals surface area contributed by atoms with Crippen LogP contribution in [0.15, 0.2) is 0 Å². The number of hydrogen-bond acceptors (Lipinski definition) is 4. The Balaban J connectivity index is 2.34. The number of rotatable bonds is 7. The van der Waals surface area contributed by atoms with E-state index in [2.05, 4.69) is 19.2 Å². The van der Waals surface area contributed by atoms with E-state index >= 15 is 0 Å². The van der Waals surface area contributed by atoms with E-state index in [0.29, 0.717) is 19.0 Å². The van der Waals surface area contributed by atoms with Gasteiger partial charge in [0.25, 0.3) is 0 Å². The summed E-state index contributed by atoms with van der Waals surface area (Å²) < 4.78 is 4.81. The Kier molecular flexibility index (Phi) is 7.15. The highest BCUT2D eigenvalue weighted by Gasteiger charge is 2.36. The van der Waals surface area contributed by atoms with Crippen LogP contribution in [-0.4, -0.2) is 49.6 Å². The molecule has 1 heterocycles. The fourth-order valence-corrected chi connectivity index (χ4v) is 2.83. The molecule has 0 aromatic rings. The molecule has 1 fully saturated rings. The third kappa shape index (κ3) is 6.04. The van der Waals surface area contributed by atoms with E-state index in [-0.39, 0.29) is 29.8 Å². The van der Waals surface area contributed by atoms with E-state index in [1.54, 1.807) is 0 Å². The van der Waals surface area contributed by atoms with Crippen molar-refractivity contribution in [2.24, 2.45) is 17.8 Å². The molecule has 0 radical (unpaired) electrons. The van der Waals surface area contributed by atoms with Crippen LogP contribution in [-0.2, 0) is 14.3 Å². The second-order valence-corrected chi connectivity index (χ2v) is 6.74. The van der Waals surface area contributed by atoms with Crippen LogP contribution in [0.3, 0.4) is 0 Å². The lowest BCUT2D eigenvalue weighted by Gasteiger charge is -2.19. The third-order valence-corrected chi connectivity index (χ3v) is 4.14. The molecule has 0 aromatic carbocycles. The zero-order chi connectivity index (χ0) is 16.0. The maximum absolute atomic E-state index is 12.0. The molecule has 3 unspecified atom stereocenters. The first-order valence-corrected chi connectivity index (χ1v) is 7.93. The van der Waals surface area contributed by atoms with Gasteiger partial charge in [-0.25, -0.2) is 0 Å². The van der Waals surface area contributed by atoms with Crippen molar-refractivity contribution < 1.29 is 14.3 Å². The Labute approximate surface area is 128 Å². The van der Waals surface area contributed by atoms with Gasteiger partial charge in [0.2, 0.25) is 5.91 Å². The average Bonchev–Trinajstić information content (AvgIpc) is 2.76. The molecule has 5 heteroatoms. The molecule has 0 saturated carbocycles. The highest BCUT2D eigenvalue weighted by Crippen LogP contribution is 2.23. The van der Waals surface area contributed by atoms with Crippen LogP contribution in [0.2, 0.25) is 0 Å². The van der Waals surface area contributed by atoms with Gasteiger partial charge in [-0.1, -0.05) is 20.8 Å². The number of nitrogens with one attached hydrogen (secondary N) is 1. The van der Waals surface area contributed by atoms with E-state index in [0.717, 1.165) is 19.4 Å². The minimum atomic E-state index is -0.171. The summed E-state index contributed by atoms with van der Waals surface area (Å²) in [5.41, 5.74) is 0. The van der Waals surface area contributed by atoms with E-state index in [1.165, 1.54) is 7.11 Å². The first kappa shape index (κ1) is 18.0. The SMILES string of the molecule is COC(=O)C1CN(CC(=O)NC(C)CCC(C)C)CC1C. The molecular weight excluding hydrogens is 268 g/mol. The van der Waals surface area contributed by atoms with Crippen LogP contribution in [0.4, 0.5) is 0 Å². The van der Waals surface area contributed by atoms with Crippen LogP contribution in [0, 0.1) is 17.8 Å². The average molecular weight is 298 g/mol. The predicted octanol–water partition coefficient (Wildman–Crippen LogP) is 1.67. The number of methoxy groups -OCH3 is 1. The maximum Gasteiger partial charge on any atom is 0.310 e. The standard InChI is InChI=1S/C16H30N2O3/c1-11(2)6-7-13(4)17-15(19)10-18-8-12(3)14(9-18)16(20)21-5/h11-14H,6-10H2,1-5H3,(H,17,19). The molecule has 0 aliphatic carbocycles. The van der Waals surface area contributed by atoms with Gasteiger partial charge >= 0.3 is 5.97 Å². The van der Waals surface area contributed by atoms with Crippen molar-refractivity contribution in [3.05, 3.63) is 0 Å². The summed E-state index contributed by atoms with van der Waals surface area (Å²) in [5, 5.41) is 3.04. The number of carbonyl (C=O) groups is 2. The van der Waals surface area contributed by atoms with Crippen molar-refractivity contribution in [3.8, 4) is 0 Å². The van der Waals surface area contributed by atoms with Crippen molar-refractivity contribution >= 4 is 11.9 Å². The monoisotopic (exact) mass is 298 g/mol. The van der Waals surface area contributed by atoms with Crippen LogP contribution in [0.1, 0.15) is 40.5 Å². The zero-order valence-corrected chi connectivity index (χ0v) is 14.0. The molecule has 1 aliphatic rings. The number of carbonyl (C=O) groups excluding carboxylic acids is 2. The Morgan fingerprint density at radius 3 is 2.48 bits per heavy atom. The molecule has 0 aromatic heterocycles. The maximum atomic E-state index is 12.0. The molecule has 5 nitrogen and oxygen atoms in total. The molecular formula is C16H30N2O3. The number of nitrogens with zero attached hydrogens (tertiary/aromatic N) is 1. The molecule has 1 aliphatic heterocycles. The first-order valence-electron chi connectivity index (χ1n) is 7.93. The van der Waals surface area contributed by atoms with Gasteiger partial charge in [0, 0.05) is 19.1 Å². The Bertz CT molecular complexity index is 357. The minimum absolute atomic E-state index is 0.0453. The highest BCUT2D eigenvalue weighted by molar-refractivity contribution is 5.79. The highest BCUT2D eigenvalue weighted by atomic mass is 16.5. The van der Waals surface area contributed by atoms with E-state index in [4.69, 9.17) is 4.74 Å². The molecule has 1 saturated heterocycles. The van der Waals surface area contributed by atoms with Gasteiger partial charge in [-0.05, 0) is 31.6 Å². The number of ether oxygens (including phenoxy) is 1. The molecule has 0 bridgehead atoms. The summed E-state index contributed by atoms with van der Waals surface area (Å²) in [5.74, 6) is 0.661. The third-order valence-electron chi connectivity index (χ3n) is 4.14. The van der Waals surface area contributed by atoms with Crippen molar-refractivity contribution in [2.75, 3.05) is 26.7 Å².